The Morgan fingerprint density at radius 2 is 1.94 bits per heavy atom. The van der Waals surface area contributed by atoms with Gasteiger partial charge >= 0.3 is 6.18 Å². The maximum absolute atomic E-state index is 12.7. The molecule has 0 bridgehead atoms. The van der Waals surface area contributed by atoms with E-state index in [9.17, 15) is 18.0 Å². The van der Waals surface area contributed by atoms with Crippen LogP contribution in [-0.2, 0) is 6.18 Å². The van der Waals surface area contributed by atoms with Crippen LogP contribution in [0.5, 0.6) is 0 Å². The van der Waals surface area contributed by atoms with Crippen molar-refractivity contribution in [3.8, 4) is 0 Å². The number of aromatic amines is 1. The fraction of sp³-hybridized carbons (Fsp3) is 0.261. The van der Waals surface area contributed by atoms with Gasteiger partial charge in [0.1, 0.15) is 11.5 Å². The Morgan fingerprint density at radius 1 is 1.12 bits per heavy atom. The smallest absolute Gasteiger partial charge is 0.348 e. The van der Waals surface area contributed by atoms with E-state index in [2.05, 4.69) is 31.9 Å². The van der Waals surface area contributed by atoms with Gasteiger partial charge in [0.05, 0.1) is 5.56 Å². The van der Waals surface area contributed by atoms with E-state index in [1.807, 2.05) is 24.3 Å². The lowest BCUT2D eigenvalue weighted by molar-refractivity contribution is -0.137. The Hall–Kier alpha value is -3.62. The summed E-state index contributed by atoms with van der Waals surface area (Å²) in [5, 5.41) is 12.6. The minimum Gasteiger partial charge on any atom is -0.348 e. The minimum absolute atomic E-state index is 0.120. The number of hydrogen-bond donors (Lipinski definition) is 3. The Balaban J connectivity index is 1.34. The van der Waals surface area contributed by atoms with Gasteiger partial charge in [-0.1, -0.05) is 23.8 Å². The molecule has 0 atom stereocenters. The molecular formula is C23H22F3N5O. The average Bonchev–Trinajstić information content (AvgIpc) is 3.30. The fourth-order valence-corrected chi connectivity index (χ4v) is 3.65. The Labute approximate surface area is 183 Å². The molecule has 2 heterocycles. The normalized spacial score (nSPS) is 16.5. The highest BCUT2D eigenvalue weighted by molar-refractivity contribution is 5.92. The molecule has 1 fully saturated rings. The van der Waals surface area contributed by atoms with Gasteiger partial charge in [-0.2, -0.15) is 18.3 Å². The zero-order chi connectivity index (χ0) is 22.6. The van der Waals surface area contributed by atoms with Crippen molar-refractivity contribution in [1.82, 2.24) is 20.5 Å². The van der Waals surface area contributed by atoms with Gasteiger partial charge in [0.15, 0.2) is 0 Å². The van der Waals surface area contributed by atoms with E-state index in [-0.39, 0.29) is 11.9 Å². The summed E-state index contributed by atoms with van der Waals surface area (Å²) >= 11 is 0. The van der Waals surface area contributed by atoms with Crippen LogP contribution in [0.15, 0.2) is 60.4 Å². The number of rotatable bonds is 5. The van der Waals surface area contributed by atoms with Gasteiger partial charge in [0, 0.05) is 24.1 Å². The van der Waals surface area contributed by atoms with Crippen molar-refractivity contribution in [3.63, 3.8) is 0 Å². The summed E-state index contributed by atoms with van der Waals surface area (Å²) in [6, 6.07) is 11.7. The van der Waals surface area contributed by atoms with Gasteiger partial charge in [-0.15, -0.1) is 0 Å². The van der Waals surface area contributed by atoms with Gasteiger partial charge in [-0.05, 0) is 61.6 Å². The number of carbonyl (C=O) groups excluding carboxylic acids is 1. The van der Waals surface area contributed by atoms with E-state index >= 15 is 0 Å². The molecule has 0 aliphatic heterocycles. The Bertz CT molecular complexity index is 1080. The molecule has 3 N–H and O–H groups in total. The average molecular weight is 441 g/mol. The molecule has 9 heteroatoms. The zero-order valence-electron chi connectivity index (χ0n) is 17.1. The van der Waals surface area contributed by atoms with Crippen LogP contribution in [-0.4, -0.2) is 27.1 Å². The Kier molecular flexibility index (Phi) is 6.25. The summed E-state index contributed by atoms with van der Waals surface area (Å²) in [5.74, 6) is 0.176. The van der Waals surface area contributed by atoms with Crippen LogP contribution in [0.2, 0.25) is 0 Å². The summed E-state index contributed by atoms with van der Waals surface area (Å²) in [7, 11) is 0. The number of carbonyl (C=O) groups is 1. The summed E-state index contributed by atoms with van der Waals surface area (Å²) in [4.78, 5) is 16.0. The van der Waals surface area contributed by atoms with Crippen molar-refractivity contribution < 1.29 is 18.0 Å². The number of H-pyrrole nitrogens is 1. The number of aromatic nitrogens is 3. The minimum atomic E-state index is -4.40. The van der Waals surface area contributed by atoms with Crippen molar-refractivity contribution in [1.29, 1.82) is 0 Å². The number of benzene rings is 1. The Morgan fingerprint density at radius 3 is 2.59 bits per heavy atom. The predicted molar refractivity (Wildman–Crippen MR) is 115 cm³/mol. The number of hydrogen-bond acceptors (Lipinski definition) is 4. The molecular weight excluding hydrogens is 419 g/mol. The molecule has 32 heavy (non-hydrogen) atoms. The van der Waals surface area contributed by atoms with Crippen molar-refractivity contribution >= 4 is 23.5 Å². The van der Waals surface area contributed by atoms with Crippen LogP contribution >= 0.6 is 0 Å². The van der Waals surface area contributed by atoms with Crippen molar-refractivity contribution in [3.05, 3.63) is 77.3 Å². The number of alkyl halides is 3. The fourth-order valence-electron chi connectivity index (χ4n) is 3.65. The van der Waals surface area contributed by atoms with Gasteiger partial charge in [0.2, 0.25) is 0 Å². The van der Waals surface area contributed by atoms with E-state index in [1.54, 1.807) is 12.3 Å². The zero-order valence-corrected chi connectivity index (χ0v) is 17.1. The SMILES string of the molecule is O=C(NC1CCC(=Cc2cccc(Nc3ccc(C(F)(F)F)cn3)c2)CC1)c1cc[nH]n1. The number of nitrogens with zero attached hydrogens (tertiary/aromatic N) is 2. The summed E-state index contributed by atoms with van der Waals surface area (Å²) in [6.07, 6.45) is 3.62. The standard InChI is InChI=1S/C23H22F3N5O/c24-23(25,26)17-6-9-21(27-14-17)29-19-3-1-2-16(13-19)12-15-4-7-18(8-5-15)30-22(32)20-10-11-28-31-20/h1-3,6,9-14,18H,4-5,7-8H2,(H,27,29)(H,28,31)(H,30,32). The van der Waals surface area contributed by atoms with Gasteiger partial charge < -0.3 is 10.6 Å². The first-order valence-electron chi connectivity index (χ1n) is 10.3. The monoisotopic (exact) mass is 441 g/mol. The molecule has 2 aromatic heterocycles. The van der Waals surface area contributed by atoms with Crippen LogP contribution in [0.25, 0.3) is 6.08 Å². The van der Waals surface area contributed by atoms with Crippen molar-refractivity contribution in [2.75, 3.05) is 5.32 Å². The second-order valence-electron chi connectivity index (χ2n) is 7.69. The third kappa shape index (κ3) is 5.54. The number of nitrogens with one attached hydrogen (secondary N) is 3. The number of anilines is 2. The van der Waals surface area contributed by atoms with Crippen molar-refractivity contribution in [2.45, 2.75) is 37.9 Å². The second-order valence-corrected chi connectivity index (χ2v) is 7.69. The molecule has 6 nitrogen and oxygen atoms in total. The molecule has 0 unspecified atom stereocenters. The van der Waals surface area contributed by atoms with E-state index in [0.29, 0.717) is 11.5 Å². The highest BCUT2D eigenvalue weighted by Crippen LogP contribution is 2.30. The number of amides is 1. The first kappa shape index (κ1) is 21.6. The van der Waals surface area contributed by atoms with Gasteiger partial charge in [-0.25, -0.2) is 4.98 Å². The number of pyridine rings is 1. The lowest BCUT2D eigenvalue weighted by Crippen LogP contribution is -2.36. The first-order chi connectivity index (χ1) is 15.4. The lowest BCUT2D eigenvalue weighted by atomic mass is 9.89. The lowest BCUT2D eigenvalue weighted by Gasteiger charge is -2.24. The van der Waals surface area contributed by atoms with Crippen LogP contribution < -0.4 is 10.6 Å². The van der Waals surface area contributed by atoms with Crippen LogP contribution in [0.3, 0.4) is 0 Å². The highest BCUT2D eigenvalue weighted by atomic mass is 19.4. The first-order valence-corrected chi connectivity index (χ1v) is 10.3. The molecule has 1 aliphatic rings. The largest absolute Gasteiger partial charge is 0.417 e. The predicted octanol–water partition coefficient (Wildman–Crippen LogP) is 5.32. The third-order valence-electron chi connectivity index (χ3n) is 5.32. The summed E-state index contributed by atoms with van der Waals surface area (Å²) in [5.41, 5.74) is 2.64. The van der Waals surface area contributed by atoms with Gasteiger partial charge in [0.25, 0.3) is 5.91 Å². The maximum Gasteiger partial charge on any atom is 0.417 e. The van der Waals surface area contributed by atoms with Gasteiger partial charge in [-0.3, -0.25) is 9.89 Å². The quantitative estimate of drug-likeness (QED) is 0.500. The van der Waals surface area contributed by atoms with E-state index in [1.165, 1.54) is 11.6 Å². The molecule has 4 rings (SSSR count). The molecule has 1 amide bonds. The maximum atomic E-state index is 12.7. The summed E-state index contributed by atoms with van der Waals surface area (Å²) < 4.78 is 38.0. The third-order valence-corrected chi connectivity index (χ3v) is 5.32. The molecule has 3 aromatic rings. The molecule has 0 saturated heterocycles. The molecule has 0 radical (unpaired) electrons. The van der Waals surface area contributed by atoms with Crippen LogP contribution in [0, 0.1) is 0 Å². The van der Waals surface area contributed by atoms with E-state index < -0.39 is 11.7 Å². The van der Waals surface area contributed by atoms with Crippen LogP contribution in [0.4, 0.5) is 24.7 Å². The van der Waals surface area contributed by atoms with E-state index in [4.69, 9.17) is 0 Å². The molecule has 1 saturated carbocycles. The van der Waals surface area contributed by atoms with Crippen LogP contribution in [0.1, 0.15) is 47.3 Å². The molecule has 0 spiro atoms. The van der Waals surface area contributed by atoms with Crippen molar-refractivity contribution in [2.24, 2.45) is 0 Å². The molecule has 166 valence electrons. The molecule has 1 aromatic carbocycles. The number of allylic oxidation sites excluding steroid dienone is 1. The topological polar surface area (TPSA) is 82.7 Å². The number of halogens is 3. The highest BCUT2D eigenvalue weighted by Gasteiger charge is 2.30. The molecule has 1 aliphatic carbocycles. The summed E-state index contributed by atoms with van der Waals surface area (Å²) in [6.45, 7) is 0. The van der Waals surface area contributed by atoms with E-state index in [0.717, 1.165) is 49.2 Å². The second kappa shape index (κ2) is 9.25.